The number of nitrogens with one attached hydrogen (secondary N) is 1. The molecule has 0 bridgehead atoms. The number of rotatable bonds is 7. The number of carbonyl (C=O) groups is 1. The summed E-state index contributed by atoms with van der Waals surface area (Å²) in [6.07, 6.45) is 2.15. The summed E-state index contributed by atoms with van der Waals surface area (Å²) < 4.78 is 10.9. The zero-order chi connectivity index (χ0) is 15.2. The molecule has 0 saturated carbocycles. The second kappa shape index (κ2) is 7.28. The van der Waals surface area contributed by atoms with Gasteiger partial charge in [0.05, 0.1) is 12.7 Å². The van der Waals surface area contributed by atoms with Crippen molar-refractivity contribution in [3.63, 3.8) is 0 Å². The van der Waals surface area contributed by atoms with Gasteiger partial charge in [0.15, 0.2) is 11.5 Å². The van der Waals surface area contributed by atoms with Crippen LogP contribution in [-0.4, -0.2) is 36.9 Å². The molecule has 1 saturated heterocycles. The van der Waals surface area contributed by atoms with Crippen LogP contribution in [0.2, 0.25) is 0 Å². The molecule has 2 atom stereocenters. The summed E-state index contributed by atoms with van der Waals surface area (Å²) in [5, 5.41) is 12.8. The molecule has 1 aromatic rings. The van der Waals surface area contributed by atoms with Crippen molar-refractivity contribution in [3.05, 3.63) is 23.8 Å². The van der Waals surface area contributed by atoms with Crippen LogP contribution in [-0.2, 0) is 9.53 Å². The SMILES string of the molecule is CCOc1cc(C(NCC2CCCO2)C(N)=O)ccc1O. The topological polar surface area (TPSA) is 93.8 Å². The molecule has 1 aliphatic heterocycles. The van der Waals surface area contributed by atoms with E-state index in [0.29, 0.717) is 24.5 Å². The largest absolute Gasteiger partial charge is 0.504 e. The molecular weight excluding hydrogens is 272 g/mol. The molecule has 1 fully saturated rings. The summed E-state index contributed by atoms with van der Waals surface area (Å²) in [5.41, 5.74) is 6.14. The number of primary amides is 1. The van der Waals surface area contributed by atoms with E-state index in [1.54, 1.807) is 12.1 Å². The van der Waals surface area contributed by atoms with Crippen LogP contribution in [0.25, 0.3) is 0 Å². The summed E-state index contributed by atoms with van der Waals surface area (Å²) in [6.45, 7) is 3.59. The first-order chi connectivity index (χ1) is 10.1. The van der Waals surface area contributed by atoms with Gasteiger partial charge in [0, 0.05) is 13.2 Å². The zero-order valence-electron chi connectivity index (χ0n) is 12.2. The number of hydrogen-bond acceptors (Lipinski definition) is 5. The van der Waals surface area contributed by atoms with Crippen molar-refractivity contribution in [2.45, 2.75) is 31.9 Å². The lowest BCUT2D eigenvalue weighted by Crippen LogP contribution is -2.37. The Balaban J connectivity index is 2.09. The van der Waals surface area contributed by atoms with Gasteiger partial charge in [-0.15, -0.1) is 0 Å². The summed E-state index contributed by atoms with van der Waals surface area (Å²) in [5.74, 6) is -0.0794. The normalized spacial score (nSPS) is 19.4. The van der Waals surface area contributed by atoms with Gasteiger partial charge in [-0.2, -0.15) is 0 Å². The van der Waals surface area contributed by atoms with Crippen molar-refractivity contribution < 1.29 is 19.4 Å². The molecule has 1 aliphatic rings. The summed E-state index contributed by atoms with van der Waals surface area (Å²) in [6, 6.07) is 4.17. The lowest BCUT2D eigenvalue weighted by atomic mass is 10.0. The number of nitrogens with two attached hydrogens (primary N) is 1. The van der Waals surface area contributed by atoms with Crippen LogP contribution in [0.4, 0.5) is 0 Å². The zero-order valence-corrected chi connectivity index (χ0v) is 12.2. The van der Waals surface area contributed by atoms with Crippen molar-refractivity contribution in [2.24, 2.45) is 5.73 Å². The molecule has 1 aromatic carbocycles. The van der Waals surface area contributed by atoms with Crippen LogP contribution in [0.1, 0.15) is 31.4 Å². The average Bonchev–Trinajstić information content (AvgIpc) is 2.95. The fourth-order valence-corrected chi connectivity index (χ4v) is 2.42. The second-order valence-corrected chi connectivity index (χ2v) is 5.04. The molecule has 0 aliphatic carbocycles. The molecular formula is C15H22N2O4. The van der Waals surface area contributed by atoms with Crippen molar-refractivity contribution in [1.82, 2.24) is 5.32 Å². The molecule has 116 valence electrons. The van der Waals surface area contributed by atoms with Gasteiger partial charge < -0.3 is 20.3 Å². The highest BCUT2D eigenvalue weighted by Gasteiger charge is 2.22. The number of amides is 1. The monoisotopic (exact) mass is 294 g/mol. The van der Waals surface area contributed by atoms with Crippen molar-refractivity contribution in [3.8, 4) is 11.5 Å². The molecule has 6 nitrogen and oxygen atoms in total. The Hall–Kier alpha value is -1.79. The van der Waals surface area contributed by atoms with Crippen molar-refractivity contribution in [2.75, 3.05) is 19.8 Å². The number of benzene rings is 1. The Kier molecular flexibility index (Phi) is 5.41. The Labute approximate surface area is 124 Å². The van der Waals surface area contributed by atoms with Crippen molar-refractivity contribution in [1.29, 1.82) is 0 Å². The first kappa shape index (κ1) is 15.6. The smallest absolute Gasteiger partial charge is 0.239 e. The van der Waals surface area contributed by atoms with Crippen LogP contribution < -0.4 is 15.8 Å². The minimum absolute atomic E-state index is 0.0444. The van der Waals surface area contributed by atoms with E-state index in [9.17, 15) is 9.90 Å². The molecule has 4 N–H and O–H groups in total. The molecule has 6 heteroatoms. The van der Waals surface area contributed by atoms with E-state index in [2.05, 4.69) is 5.32 Å². The quantitative estimate of drug-likeness (QED) is 0.700. The summed E-state index contributed by atoms with van der Waals surface area (Å²) in [7, 11) is 0. The minimum Gasteiger partial charge on any atom is -0.504 e. The third kappa shape index (κ3) is 4.09. The Bertz CT molecular complexity index is 487. The molecule has 1 heterocycles. The van der Waals surface area contributed by atoms with E-state index in [1.807, 2.05) is 6.92 Å². The van der Waals surface area contributed by atoms with E-state index in [1.165, 1.54) is 6.07 Å². The predicted molar refractivity (Wildman–Crippen MR) is 78.2 cm³/mol. The van der Waals surface area contributed by atoms with E-state index < -0.39 is 11.9 Å². The van der Waals surface area contributed by atoms with Crippen LogP contribution >= 0.6 is 0 Å². The van der Waals surface area contributed by atoms with E-state index in [0.717, 1.165) is 19.4 Å². The van der Waals surface area contributed by atoms with Gasteiger partial charge in [0.1, 0.15) is 6.04 Å². The fourth-order valence-electron chi connectivity index (χ4n) is 2.42. The average molecular weight is 294 g/mol. The maximum atomic E-state index is 11.7. The molecule has 1 amide bonds. The van der Waals surface area contributed by atoms with Gasteiger partial charge in [-0.3, -0.25) is 10.1 Å². The highest BCUT2D eigenvalue weighted by atomic mass is 16.5. The third-order valence-corrected chi connectivity index (χ3v) is 3.48. The number of hydrogen-bond donors (Lipinski definition) is 3. The number of phenolic OH excluding ortho intramolecular Hbond substituents is 1. The standard InChI is InChI=1S/C15H22N2O4/c1-2-20-13-8-10(5-6-12(13)18)14(15(16)19)17-9-11-4-3-7-21-11/h5-6,8,11,14,17-18H,2-4,7,9H2,1H3,(H2,16,19). The highest BCUT2D eigenvalue weighted by molar-refractivity contribution is 5.81. The van der Waals surface area contributed by atoms with Gasteiger partial charge >= 0.3 is 0 Å². The van der Waals surface area contributed by atoms with Crippen LogP contribution in [0.15, 0.2) is 18.2 Å². The van der Waals surface area contributed by atoms with Crippen molar-refractivity contribution >= 4 is 5.91 Å². The Morgan fingerprint density at radius 3 is 3.05 bits per heavy atom. The molecule has 2 unspecified atom stereocenters. The lowest BCUT2D eigenvalue weighted by molar-refractivity contribution is -0.120. The van der Waals surface area contributed by atoms with Crippen LogP contribution in [0.5, 0.6) is 11.5 Å². The van der Waals surface area contributed by atoms with Crippen LogP contribution in [0.3, 0.4) is 0 Å². The molecule has 0 radical (unpaired) electrons. The van der Waals surface area contributed by atoms with Gasteiger partial charge in [-0.25, -0.2) is 0 Å². The highest BCUT2D eigenvalue weighted by Crippen LogP contribution is 2.29. The predicted octanol–water partition coefficient (Wildman–Crippen LogP) is 1.09. The molecule has 0 spiro atoms. The third-order valence-electron chi connectivity index (χ3n) is 3.48. The summed E-state index contributed by atoms with van der Waals surface area (Å²) in [4.78, 5) is 11.7. The van der Waals surface area contributed by atoms with E-state index in [4.69, 9.17) is 15.2 Å². The van der Waals surface area contributed by atoms with Gasteiger partial charge in [0.2, 0.25) is 5.91 Å². The maximum absolute atomic E-state index is 11.7. The lowest BCUT2D eigenvalue weighted by Gasteiger charge is -2.19. The first-order valence-corrected chi connectivity index (χ1v) is 7.21. The molecule has 21 heavy (non-hydrogen) atoms. The number of phenols is 1. The number of aromatic hydroxyl groups is 1. The number of ether oxygens (including phenoxy) is 2. The molecule has 0 aromatic heterocycles. The minimum atomic E-state index is -0.631. The second-order valence-electron chi connectivity index (χ2n) is 5.04. The van der Waals surface area contributed by atoms with Gasteiger partial charge in [-0.1, -0.05) is 6.07 Å². The Morgan fingerprint density at radius 1 is 1.62 bits per heavy atom. The fraction of sp³-hybridized carbons (Fsp3) is 0.533. The first-order valence-electron chi connectivity index (χ1n) is 7.21. The number of carbonyl (C=O) groups excluding carboxylic acids is 1. The Morgan fingerprint density at radius 2 is 2.43 bits per heavy atom. The van der Waals surface area contributed by atoms with E-state index in [-0.39, 0.29) is 11.9 Å². The van der Waals surface area contributed by atoms with Gasteiger partial charge in [0.25, 0.3) is 0 Å². The van der Waals surface area contributed by atoms with Gasteiger partial charge in [-0.05, 0) is 37.5 Å². The molecule has 2 rings (SSSR count). The maximum Gasteiger partial charge on any atom is 0.239 e. The summed E-state index contributed by atoms with van der Waals surface area (Å²) >= 11 is 0. The van der Waals surface area contributed by atoms with E-state index >= 15 is 0 Å². The van der Waals surface area contributed by atoms with Crippen LogP contribution in [0, 0.1) is 0 Å².